The zero-order valence-corrected chi connectivity index (χ0v) is 21.8. The third-order valence-electron chi connectivity index (χ3n) is 6.16. The van der Waals surface area contributed by atoms with E-state index in [0.717, 1.165) is 38.9 Å². The molecule has 40 heavy (non-hydrogen) atoms. The van der Waals surface area contributed by atoms with Crippen LogP contribution in [0.25, 0.3) is 22.0 Å². The molecule has 4 heterocycles. The number of aromatic nitrogens is 7. The normalized spacial score (nSPS) is 10.6. The summed E-state index contributed by atoms with van der Waals surface area (Å²) in [6, 6.07) is 19.2. The lowest BCUT2D eigenvalue weighted by molar-refractivity contribution is 0.100. The van der Waals surface area contributed by atoms with Crippen molar-refractivity contribution in [1.29, 1.82) is 0 Å². The van der Waals surface area contributed by atoms with E-state index in [2.05, 4.69) is 45.3 Å². The molecule has 6 rings (SSSR count). The minimum atomic E-state index is -0.625. The summed E-state index contributed by atoms with van der Waals surface area (Å²) in [4.78, 5) is 24.4. The largest absolute Gasteiger partial charge is 0.381 e. The number of hydrogen-bond acceptors (Lipinski definition) is 7. The highest BCUT2D eigenvalue weighted by Crippen LogP contribution is 2.20. The zero-order chi connectivity index (χ0) is 28.2. The van der Waals surface area contributed by atoms with Crippen molar-refractivity contribution in [2.45, 2.75) is 13.3 Å². The fourth-order valence-electron chi connectivity index (χ4n) is 4.36. The maximum absolute atomic E-state index is 13.4. The zero-order valence-electron chi connectivity index (χ0n) is 21.8. The van der Waals surface area contributed by atoms with Crippen molar-refractivity contribution >= 4 is 28.0 Å². The molecule has 1 amide bonds. The number of nitrogen functional groups attached to an aromatic ring is 1. The Hall–Kier alpha value is -5.76. The molecule has 2 aromatic carbocycles. The number of anilines is 1. The molecule has 0 radical (unpaired) electrons. The summed E-state index contributed by atoms with van der Waals surface area (Å²) in [5.41, 5.74) is 14.6. The Bertz CT molecular complexity index is 1980. The molecule has 0 spiro atoms. The van der Waals surface area contributed by atoms with E-state index in [4.69, 9.17) is 11.5 Å². The number of hydrogen-bond donors (Lipinski definition) is 2. The Morgan fingerprint density at radius 1 is 1.05 bits per heavy atom. The molecule has 0 fully saturated rings. The van der Waals surface area contributed by atoms with Crippen LogP contribution in [0.3, 0.4) is 0 Å². The standard InChI is InChI=1S/C23H19N3O.C6H6N6O/c1-3-20-14-19-9-7-8-18(13-12-17-15-24-25(2)16-17)22(19)23(27)26(20)21-10-5-4-6-11-21;7-5-4(6(8)13)3-1-2-9-11-12(3)10-5/h4-11,14-16H,3H2,1-2H3;1-2H,(H2,7,10)(H2,8,13). The van der Waals surface area contributed by atoms with Crippen LogP contribution in [0.1, 0.15) is 34.1 Å². The van der Waals surface area contributed by atoms with Crippen LogP contribution in [0.2, 0.25) is 0 Å². The van der Waals surface area contributed by atoms with E-state index in [1.165, 1.54) is 6.20 Å². The van der Waals surface area contributed by atoms with Gasteiger partial charge in [-0.3, -0.25) is 18.8 Å². The molecule has 0 saturated heterocycles. The summed E-state index contributed by atoms with van der Waals surface area (Å²) in [5, 5.41) is 16.6. The van der Waals surface area contributed by atoms with Crippen molar-refractivity contribution in [2.24, 2.45) is 12.8 Å². The molecule has 0 aliphatic heterocycles. The molecule has 0 unspecified atom stereocenters. The first-order chi connectivity index (χ1) is 19.4. The number of fused-ring (bicyclic) bond motifs is 2. The fraction of sp³-hybridized carbons (Fsp3) is 0.103. The molecule has 0 bridgehead atoms. The summed E-state index contributed by atoms with van der Waals surface area (Å²) in [6.45, 7) is 2.06. The van der Waals surface area contributed by atoms with Crippen molar-refractivity contribution < 1.29 is 4.79 Å². The van der Waals surface area contributed by atoms with Gasteiger partial charge in [-0.05, 0) is 47.4 Å². The molecular weight excluding hydrogens is 506 g/mol. The van der Waals surface area contributed by atoms with Gasteiger partial charge in [0.2, 0.25) is 0 Å². The van der Waals surface area contributed by atoms with Crippen LogP contribution < -0.4 is 17.0 Å². The number of amides is 1. The second-order valence-electron chi connectivity index (χ2n) is 8.81. The average molecular weight is 532 g/mol. The van der Waals surface area contributed by atoms with Gasteiger partial charge in [0, 0.05) is 30.2 Å². The third-order valence-corrected chi connectivity index (χ3v) is 6.16. The van der Waals surface area contributed by atoms with Gasteiger partial charge < -0.3 is 11.5 Å². The van der Waals surface area contributed by atoms with Crippen LogP contribution in [0.5, 0.6) is 0 Å². The SMILES string of the molecule is CCc1cc2cccc(C#Cc3cnn(C)c3)c2c(=O)n1-c1ccccc1.NC(=O)c1c(N)nn2nnccc12. The lowest BCUT2D eigenvalue weighted by Crippen LogP contribution is -2.22. The monoisotopic (exact) mass is 531 g/mol. The van der Waals surface area contributed by atoms with Gasteiger partial charge >= 0.3 is 0 Å². The molecule has 0 aliphatic rings. The smallest absolute Gasteiger partial charge is 0.264 e. The molecule has 0 atom stereocenters. The summed E-state index contributed by atoms with van der Waals surface area (Å²) in [5.74, 6) is 5.70. The second kappa shape index (κ2) is 10.9. The van der Waals surface area contributed by atoms with E-state index in [9.17, 15) is 9.59 Å². The summed E-state index contributed by atoms with van der Waals surface area (Å²) >= 11 is 0. The van der Waals surface area contributed by atoms with E-state index in [1.54, 1.807) is 21.5 Å². The number of rotatable bonds is 3. The van der Waals surface area contributed by atoms with E-state index >= 15 is 0 Å². The number of primary amides is 1. The Morgan fingerprint density at radius 3 is 2.55 bits per heavy atom. The lowest BCUT2D eigenvalue weighted by atomic mass is 10.0. The highest BCUT2D eigenvalue weighted by Gasteiger charge is 2.15. The minimum absolute atomic E-state index is 0.0355. The van der Waals surface area contributed by atoms with Crippen molar-refractivity contribution in [3.8, 4) is 17.5 Å². The van der Waals surface area contributed by atoms with Gasteiger partial charge in [0.1, 0.15) is 11.1 Å². The third kappa shape index (κ3) is 5.01. The Kier molecular flexibility index (Phi) is 7.07. The first kappa shape index (κ1) is 25.9. The molecule has 11 heteroatoms. The van der Waals surface area contributed by atoms with Crippen LogP contribution in [-0.4, -0.2) is 40.3 Å². The van der Waals surface area contributed by atoms with Crippen molar-refractivity contribution in [1.82, 2.24) is 34.4 Å². The topological polar surface area (TPSA) is 152 Å². The van der Waals surface area contributed by atoms with Crippen LogP contribution in [0.15, 0.2) is 84.0 Å². The van der Waals surface area contributed by atoms with Gasteiger partial charge in [0.15, 0.2) is 5.82 Å². The van der Waals surface area contributed by atoms with Crippen LogP contribution in [0, 0.1) is 11.8 Å². The number of carbonyl (C=O) groups excluding carboxylic acids is 1. The number of aryl methyl sites for hydroxylation is 2. The van der Waals surface area contributed by atoms with E-state index in [-0.39, 0.29) is 16.9 Å². The van der Waals surface area contributed by atoms with E-state index < -0.39 is 5.91 Å². The van der Waals surface area contributed by atoms with Crippen molar-refractivity contribution in [3.05, 3.63) is 112 Å². The summed E-state index contributed by atoms with van der Waals surface area (Å²) in [6.07, 6.45) is 5.78. The lowest BCUT2D eigenvalue weighted by Gasteiger charge is -2.14. The second-order valence-corrected chi connectivity index (χ2v) is 8.81. The first-order valence-corrected chi connectivity index (χ1v) is 12.4. The molecule has 4 N–H and O–H groups in total. The number of pyridine rings is 1. The Labute approximate surface area is 228 Å². The summed E-state index contributed by atoms with van der Waals surface area (Å²) < 4.78 is 4.66. The Balaban J connectivity index is 0.000000207. The predicted octanol–water partition coefficient (Wildman–Crippen LogP) is 2.49. The molecule has 198 valence electrons. The van der Waals surface area contributed by atoms with Gasteiger partial charge in [-0.2, -0.15) is 5.10 Å². The highest BCUT2D eigenvalue weighted by molar-refractivity contribution is 6.03. The predicted molar refractivity (Wildman–Crippen MR) is 152 cm³/mol. The molecule has 6 aromatic rings. The number of carbonyl (C=O) groups is 1. The van der Waals surface area contributed by atoms with Gasteiger partial charge in [-0.1, -0.05) is 49.1 Å². The van der Waals surface area contributed by atoms with E-state index in [1.807, 2.05) is 61.8 Å². The number of benzene rings is 2. The molecular formula is C29H25N9O2. The van der Waals surface area contributed by atoms with Crippen molar-refractivity contribution in [2.75, 3.05) is 5.73 Å². The fourth-order valence-corrected chi connectivity index (χ4v) is 4.36. The van der Waals surface area contributed by atoms with E-state index in [0.29, 0.717) is 10.9 Å². The molecule has 11 nitrogen and oxygen atoms in total. The quantitative estimate of drug-likeness (QED) is 0.333. The van der Waals surface area contributed by atoms with Gasteiger partial charge in [-0.25, -0.2) is 0 Å². The van der Waals surface area contributed by atoms with Gasteiger partial charge in [-0.15, -0.1) is 14.8 Å². The number of nitrogens with two attached hydrogens (primary N) is 2. The minimum Gasteiger partial charge on any atom is -0.381 e. The molecule has 0 saturated carbocycles. The number of para-hydroxylation sites is 1. The van der Waals surface area contributed by atoms with Crippen molar-refractivity contribution in [3.63, 3.8) is 0 Å². The average Bonchev–Trinajstić information content (AvgIpc) is 3.53. The maximum Gasteiger partial charge on any atom is 0.264 e. The maximum atomic E-state index is 13.4. The van der Waals surface area contributed by atoms with Crippen LogP contribution in [-0.2, 0) is 13.5 Å². The number of nitrogens with zero attached hydrogens (tertiary/aromatic N) is 7. The Morgan fingerprint density at radius 2 is 1.85 bits per heavy atom. The van der Waals surface area contributed by atoms with Gasteiger partial charge in [0.05, 0.1) is 23.3 Å². The summed E-state index contributed by atoms with van der Waals surface area (Å²) in [7, 11) is 1.86. The molecule has 4 aromatic heterocycles. The van der Waals surface area contributed by atoms with Crippen LogP contribution in [0.4, 0.5) is 5.82 Å². The first-order valence-electron chi connectivity index (χ1n) is 12.4. The molecule has 0 aliphatic carbocycles. The highest BCUT2D eigenvalue weighted by atomic mass is 16.1. The van der Waals surface area contributed by atoms with Gasteiger partial charge in [0.25, 0.3) is 11.5 Å². The van der Waals surface area contributed by atoms with Crippen LogP contribution >= 0.6 is 0 Å².